The maximum atomic E-state index is 10.3. The van der Waals surface area contributed by atoms with E-state index in [9.17, 15) is 5.11 Å². The summed E-state index contributed by atoms with van der Waals surface area (Å²) in [6.45, 7) is 10.4. The highest BCUT2D eigenvalue weighted by Gasteiger charge is 2.23. The summed E-state index contributed by atoms with van der Waals surface area (Å²) in [5, 5.41) is 13.6. The van der Waals surface area contributed by atoms with E-state index in [0.717, 1.165) is 17.2 Å². The van der Waals surface area contributed by atoms with Crippen LogP contribution in [-0.4, -0.2) is 27.2 Å². The van der Waals surface area contributed by atoms with Gasteiger partial charge in [-0.05, 0) is 19.8 Å². The molecule has 0 aliphatic heterocycles. The fraction of sp³-hybridized carbons (Fsp3) is 0.714. The van der Waals surface area contributed by atoms with E-state index in [1.807, 2.05) is 34.6 Å². The van der Waals surface area contributed by atoms with Gasteiger partial charge in [0.1, 0.15) is 17.5 Å². The van der Waals surface area contributed by atoms with Crippen molar-refractivity contribution >= 4 is 11.6 Å². The Balaban J connectivity index is 3.02. The summed E-state index contributed by atoms with van der Waals surface area (Å²) >= 11 is 0. The minimum atomic E-state index is -0.717. The Morgan fingerprint density at radius 2 is 1.75 bits per heavy atom. The smallest absolute Gasteiger partial charge is 0.148 e. The summed E-state index contributed by atoms with van der Waals surface area (Å²) in [5.41, 5.74) is 2.74. The predicted octanol–water partition coefficient (Wildman–Crippen LogP) is 2.16. The maximum absolute atomic E-state index is 10.3. The van der Waals surface area contributed by atoms with Gasteiger partial charge in [-0.25, -0.2) is 15.8 Å². The zero-order valence-corrected chi connectivity index (χ0v) is 13.1. The lowest BCUT2D eigenvalue weighted by Crippen LogP contribution is -2.36. The number of hydrazine groups is 1. The van der Waals surface area contributed by atoms with E-state index in [-0.39, 0.29) is 5.92 Å². The van der Waals surface area contributed by atoms with Crippen LogP contribution in [0.25, 0.3) is 0 Å². The van der Waals surface area contributed by atoms with E-state index >= 15 is 0 Å². The number of nitrogen functional groups attached to an aromatic ring is 1. The van der Waals surface area contributed by atoms with Crippen LogP contribution < -0.4 is 16.6 Å². The Morgan fingerprint density at radius 1 is 1.20 bits per heavy atom. The molecule has 0 spiro atoms. The Labute approximate surface area is 121 Å². The molecule has 20 heavy (non-hydrogen) atoms. The van der Waals surface area contributed by atoms with Gasteiger partial charge in [0, 0.05) is 18.0 Å². The molecule has 0 atom stereocenters. The highest BCUT2D eigenvalue weighted by molar-refractivity contribution is 5.57. The molecule has 5 N–H and O–H groups in total. The van der Waals surface area contributed by atoms with Gasteiger partial charge in [0.25, 0.3) is 0 Å². The van der Waals surface area contributed by atoms with Crippen molar-refractivity contribution in [3.8, 4) is 0 Å². The van der Waals surface area contributed by atoms with E-state index in [0.29, 0.717) is 25.2 Å². The Hall–Kier alpha value is -1.40. The van der Waals surface area contributed by atoms with Crippen molar-refractivity contribution in [2.75, 3.05) is 17.3 Å². The van der Waals surface area contributed by atoms with Crippen LogP contribution >= 0.6 is 0 Å². The number of anilines is 2. The summed E-state index contributed by atoms with van der Waals surface area (Å²) in [6.07, 6.45) is 1.39. The van der Waals surface area contributed by atoms with Crippen molar-refractivity contribution in [1.82, 2.24) is 9.97 Å². The molecule has 0 saturated carbocycles. The van der Waals surface area contributed by atoms with Gasteiger partial charge < -0.3 is 15.8 Å². The molecule has 0 amide bonds. The van der Waals surface area contributed by atoms with Gasteiger partial charge in [0.05, 0.1) is 5.60 Å². The molecule has 0 aromatic carbocycles. The maximum Gasteiger partial charge on any atom is 0.148 e. The molecule has 1 rings (SSSR count). The average molecular weight is 281 g/mol. The number of nitrogens with zero attached hydrogens (tertiary/aromatic N) is 2. The Bertz CT molecular complexity index is 443. The third-order valence-electron chi connectivity index (χ3n) is 3.72. The summed E-state index contributed by atoms with van der Waals surface area (Å²) in [6, 6.07) is 0. The normalized spacial score (nSPS) is 11.8. The van der Waals surface area contributed by atoms with Crippen LogP contribution in [0.15, 0.2) is 0 Å². The molecule has 6 nitrogen and oxygen atoms in total. The summed E-state index contributed by atoms with van der Waals surface area (Å²) in [5.74, 6) is 7.77. The molecule has 0 fully saturated rings. The second kappa shape index (κ2) is 6.85. The molecular weight excluding hydrogens is 254 g/mol. The molecule has 1 aromatic rings. The fourth-order valence-corrected chi connectivity index (χ4v) is 1.85. The molecule has 0 saturated heterocycles. The standard InChI is InChI=1S/C14H27N5O/c1-6-14(20,7-2)8-16-12-10(5)13(19-15)18-11(17-12)9(3)4/h9,20H,6-8,15H2,1-5H3,(H2,16,17,18,19). The molecule has 1 heterocycles. The fourth-order valence-electron chi connectivity index (χ4n) is 1.85. The predicted molar refractivity (Wildman–Crippen MR) is 82.7 cm³/mol. The Kier molecular flexibility index (Phi) is 5.71. The van der Waals surface area contributed by atoms with E-state index in [2.05, 4.69) is 20.7 Å². The molecule has 114 valence electrons. The molecule has 1 aromatic heterocycles. The topological polar surface area (TPSA) is 96.1 Å². The van der Waals surface area contributed by atoms with Crippen molar-refractivity contribution in [2.45, 2.75) is 59.0 Å². The van der Waals surface area contributed by atoms with Crippen molar-refractivity contribution in [1.29, 1.82) is 0 Å². The van der Waals surface area contributed by atoms with Crippen LogP contribution in [-0.2, 0) is 0 Å². The molecule has 0 unspecified atom stereocenters. The second-order valence-corrected chi connectivity index (χ2v) is 5.49. The molecule has 0 aliphatic rings. The van der Waals surface area contributed by atoms with Crippen molar-refractivity contribution in [3.05, 3.63) is 11.4 Å². The number of hydrogen-bond acceptors (Lipinski definition) is 6. The van der Waals surface area contributed by atoms with E-state index in [1.54, 1.807) is 0 Å². The molecule has 0 radical (unpaired) electrons. The van der Waals surface area contributed by atoms with E-state index < -0.39 is 5.60 Å². The third kappa shape index (κ3) is 3.80. The van der Waals surface area contributed by atoms with Gasteiger partial charge in [0.2, 0.25) is 0 Å². The van der Waals surface area contributed by atoms with Crippen LogP contribution in [0.1, 0.15) is 57.8 Å². The minimum absolute atomic E-state index is 0.208. The summed E-state index contributed by atoms with van der Waals surface area (Å²) < 4.78 is 0. The van der Waals surface area contributed by atoms with Crippen LogP contribution in [0, 0.1) is 6.92 Å². The van der Waals surface area contributed by atoms with Gasteiger partial charge in [-0.3, -0.25) is 0 Å². The molecule has 0 aliphatic carbocycles. The van der Waals surface area contributed by atoms with Crippen LogP contribution in [0.5, 0.6) is 0 Å². The molecule has 6 heteroatoms. The zero-order chi connectivity index (χ0) is 15.3. The number of rotatable bonds is 7. The van der Waals surface area contributed by atoms with Crippen molar-refractivity contribution in [3.63, 3.8) is 0 Å². The second-order valence-electron chi connectivity index (χ2n) is 5.49. The zero-order valence-electron chi connectivity index (χ0n) is 13.1. The number of nitrogens with two attached hydrogens (primary N) is 1. The SMILES string of the molecule is CCC(O)(CC)CNc1nc(C(C)C)nc(NN)c1C. The lowest BCUT2D eigenvalue weighted by molar-refractivity contribution is 0.0456. The van der Waals surface area contributed by atoms with Gasteiger partial charge in [-0.2, -0.15) is 0 Å². The largest absolute Gasteiger partial charge is 0.388 e. The van der Waals surface area contributed by atoms with Gasteiger partial charge in [0.15, 0.2) is 0 Å². The average Bonchev–Trinajstić information content (AvgIpc) is 2.45. The minimum Gasteiger partial charge on any atom is -0.388 e. The van der Waals surface area contributed by atoms with Gasteiger partial charge in [-0.1, -0.05) is 27.7 Å². The highest BCUT2D eigenvalue weighted by atomic mass is 16.3. The molecule has 0 bridgehead atoms. The first kappa shape index (κ1) is 16.7. The van der Waals surface area contributed by atoms with Crippen LogP contribution in [0.4, 0.5) is 11.6 Å². The summed E-state index contributed by atoms with van der Waals surface area (Å²) in [4.78, 5) is 8.91. The quantitative estimate of drug-likeness (QED) is 0.452. The van der Waals surface area contributed by atoms with Crippen LogP contribution in [0.3, 0.4) is 0 Å². The Morgan fingerprint density at radius 3 is 2.20 bits per heavy atom. The monoisotopic (exact) mass is 281 g/mol. The van der Waals surface area contributed by atoms with Gasteiger partial charge in [-0.15, -0.1) is 0 Å². The van der Waals surface area contributed by atoms with E-state index in [4.69, 9.17) is 5.84 Å². The van der Waals surface area contributed by atoms with Gasteiger partial charge >= 0.3 is 0 Å². The van der Waals surface area contributed by atoms with E-state index in [1.165, 1.54) is 0 Å². The lowest BCUT2D eigenvalue weighted by atomic mass is 9.97. The lowest BCUT2D eigenvalue weighted by Gasteiger charge is -2.26. The third-order valence-corrected chi connectivity index (χ3v) is 3.72. The first-order valence-electron chi connectivity index (χ1n) is 7.18. The first-order valence-corrected chi connectivity index (χ1v) is 7.18. The number of aliphatic hydroxyl groups is 1. The highest BCUT2D eigenvalue weighted by Crippen LogP contribution is 2.24. The number of hydrogen-bond donors (Lipinski definition) is 4. The van der Waals surface area contributed by atoms with Crippen molar-refractivity contribution in [2.24, 2.45) is 5.84 Å². The number of nitrogens with one attached hydrogen (secondary N) is 2. The molecular formula is C14H27N5O. The first-order chi connectivity index (χ1) is 9.36. The van der Waals surface area contributed by atoms with Crippen LogP contribution in [0.2, 0.25) is 0 Å². The number of aromatic nitrogens is 2. The van der Waals surface area contributed by atoms with Crippen molar-refractivity contribution < 1.29 is 5.11 Å². The summed E-state index contributed by atoms with van der Waals surface area (Å²) in [7, 11) is 0.